The van der Waals surface area contributed by atoms with E-state index < -0.39 is 28.1 Å². The molecule has 1 saturated heterocycles. The fourth-order valence-electron chi connectivity index (χ4n) is 2.95. The molecule has 31 heavy (non-hydrogen) atoms. The SMILES string of the molecule is COc1ccc(CNC(=O)C(=O)NC[C@@H]2OCCN2S(=O)(=O)c2ccc(Br)cc2)cc1. The van der Waals surface area contributed by atoms with E-state index >= 15 is 0 Å². The third kappa shape index (κ3) is 5.82. The van der Waals surface area contributed by atoms with Gasteiger partial charge in [-0.1, -0.05) is 28.1 Å². The summed E-state index contributed by atoms with van der Waals surface area (Å²) in [4.78, 5) is 24.3. The van der Waals surface area contributed by atoms with Crippen LogP contribution in [0.4, 0.5) is 0 Å². The van der Waals surface area contributed by atoms with Gasteiger partial charge in [0.25, 0.3) is 0 Å². The van der Waals surface area contributed by atoms with Gasteiger partial charge in [-0.15, -0.1) is 0 Å². The van der Waals surface area contributed by atoms with Crippen LogP contribution in [-0.4, -0.2) is 57.6 Å². The van der Waals surface area contributed by atoms with Gasteiger partial charge in [-0.05, 0) is 42.0 Å². The van der Waals surface area contributed by atoms with Crippen molar-refractivity contribution in [2.75, 3.05) is 26.8 Å². The molecule has 0 aliphatic carbocycles. The van der Waals surface area contributed by atoms with Crippen LogP contribution < -0.4 is 15.4 Å². The van der Waals surface area contributed by atoms with Gasteiger partial charge in [-0.2, -0.15) is 4.31 Å². The van der Waals surface area contributed by atoms with Crippen molar-refractivity contribution in [2.24, 2.45) is 0 Å². The van der Waals surface area contributed by atoms with Crippen molar-refractivity contribution in [3.63, 3.8) is 0 Å². The van der Waals surface area contributed by atoms with E-state index in [0.717, 1.165) is 10.0 Å². The van der Waals surface area contributed by atoms with Crippen molar-refractivity contribution in [1.82, 2.24) is 14.9 Å². The number of amides is 2. The van der Waals surface area contributed by atoms with Crippen LogP contribution in [0.5, 0.6) is 5.75 Å². The van der Waals surface area contributed by atoms with Gasteiger partial charge in [0.1, 0.15) is 12.0 Å². The molecule has 1 aliphatic heterocycles. The van der Waals surface area contributed by atoms with Crippen LogP contribution in [0, 0.1) is 0 Å². The van der Waals surface area contributed by atoms with Crippen LogP contribution >= 0.6 is 15.9 Å². The highest BCUT2D eigenvalue weighted by Crippen LogP contribution is 2.23. The van der Waals surface area contributed by atoms with Crippen LogP contribution in [-0.2, 0) is 30.9 Å². The van der Waals surface area contributed by atoms with Crippen molar-refractivity contribution in [1.29, 1.82) is 0 Å². The molecule has 0 aromatic heterocycles. The molecule has 0 unspecified atom stereocenters. The maximum atomic E-state index is 12.9. The highest BCUT2D eigenvalue weighted by atomic mass is 79.9. The van der Waals surface area contributed by atoms with Crippen molar-refractivity contribution in [3.05, 3.63) is 58.6 Å². The van der Waals surface area contributed by atoms with Crippen LogP contribution in [0.1, 0.15) is 5.56 Å². The second-order valence-electron chi connectivity index (χ2n) is 6.64. The molecule has 1 aliphatic rings. The van der Waals surface area contributed by atoms with Crippen LogP contribution in [0.2, 0.25) is 0 Å². The minimum Gasteiger partial charge on any atom is -0.497 e. The summed E-state index contributed by atoms with van der Waals surface area (Å²) in [5.74, 6) is -1.01. The first-order chi connectivity index (χ1) is 14.8. The van der Waals surface area contributed by atoms with Gasteiger partial charge < -0.3 is 20.1 Å². The summed E-state index contributed by atoms with van der Waals surface area (Å²) in [5.41, 5.74) is 0.799. The Morgan fingerprint density at radius 1 is 1.10 bits per heavy atom. The lowest BCUT2D eigenvalue weighted by molar-refractivity contribution is -0.139. The molecule has 2 N–H and O–H groups in total. The van der Waals surface area contributed by atoms with Gasteiger partial charge in [0, 0.05) is 17.6 Å². The molecule has 166 valence electrons. The van der Waals surface area contributed by atoms with Gasteiger partial charge in [0.15, 0.2) is 0 Å². The second kappa shape index (κ2) is 10.2. The molecule has 0 spiro atoms. The number of sulfonamides is 1. The molecule has 3 rings (SSSR count). The lowest BCUT2D eigenvalue weighted by Crippen LogP contribution is -2.47. The normalized spacial score (nSPS) is 16.6. The predicted molar refractivity (Wildman–Crippen MR) is 116 cm³/mol. The Morgan fingerprint density at radius 2 is 1.74 bits per heavy atom. The molecule has 1 atom stereocenters. The number of hydrogen-bond donors (Lipinski definition) is 2. The monoisotopic (exact) mass is 511 g/mol. The summed E-state index contributed by atoms with van der Waals surface area (Å²) in [5, 5.41) is 4.95. The smallest absolute Gasteiger partial charge is 0.309 e. The number of carbonyl (C=O) groups is 2. The fraction of sp³-hybridized carbons (Fsp3) is 0.300. The zero-order valence-electron chi connectivity index (χ0n) is 16.7. The standard InChI is InChI=1S/C20H22BrN3O6S/c1-29-16-6-2-14(3-7-16)12-22-19(25)20(26)23-13-18-24(10-11-30-18)31(27,28)17-8-4-15(21)5-9-17/h2-9,18H,10-13H2,1H3,(H,22,25)(H,23,26)/t18-/m0/s1. The highest BCUT2D eigenvalue weighted by molar-refractivity contribution is 9.10. The van der Waals surface area contributed by atoms with E-state index in [4.69, 9.17) is 9.47 Å². The Kier molecular flexibility index (Phi) is 7.65. The number of hydrogen-bond acceptors (Lipinski definition) is 6. The molecule has 2 aromatic carbocycles. The topological polar surface area (TPSA) is 114 Å². The Balaban J connectivity index is 1.53. The van der Waals surface area contributed by atoms with Crippen LogP contribution in [0.3, 0.4) is 0 Å². The van der Waals surface area contributed by atoms with Crippen LogP contribution in [0.15, 0.2) is 57.9 Å². The largest absolute Gasteiger partial charge is 0.497 e. The summed E-state index contributed by atoms with van der Waals surface area (Å²) in [7, 11) is -2.24. The molecular weight excluding hydrogens is 490 g/mol. The quantitative estimate of drug-likeness (QED) is 0.540. The van der Waals surface area contributed by atoms with Crippen LogP contribution in [0.25, 0.3) is 0 Å². The van der Waals surface area contributed by atoms with Gasteiger partial charge in [-0.3, -0.25) is 9.59 Å². The maximum absolute atomic E-state index is 12.9. The lowest BCUT2D eigenvalue weighted by Gasteiger charge is -2.22. The van der Waals surface area contributed by atoms with Gasteiger partial charge in [0.05, 0.1) is 25.2 Å². The minimum atomic E-state index is -3.80. The molecule has 9 nitrogen and oxygen atoms in total. The number of ether oxygens (including phenoxy) is 2. The summed E-state index contributed by atoms with van der Waals surface area (Å²) >= 11 is 3.27. The molecule has 11 heteroatoms. The Morgan fingerprint density at radius 3 is 2.39 bits per heavy atom. The molecule has 0 radical (unpaired) electrons. The molecular formula is C20H22BrN3O6S. The third-order valence-corrected chi connectivity index (χ3v) is 7.05. The minimum absolute atomic E-state index is 0.120. The van der Waals surface area contributed by atoms with E-state index in [2.05, 4.69) is 26.6 Å². The third-order valence-electron chi connectivity index (χ3n) is 4.62. The van der Waals surface area contributed by atoms with E-state index in [0.29, 0.717) is 5.75 Å². The average molecular weight is 512 g/mol. The zero-order chi connectivity index (χ0) is 22.4. The Bertz CT molecular complexity index is 1030. The average Bonchev–Trinajstić information content (AvgIpc) is 3.26. The van der Waals surface area contributed by atoms with Gasteiger partial charge >= 0.3 is 11.8 Å². The second-order valence-corrected chi connectivity index (χ2v) is 9.44. The first kappa shape index (κ1) is 23.2. The summed E-state index contributed by atoms with van der Waals surface area (Å²) < 4.78 is 38.2. The van der Waals surface area contributed by atoms with Crippen molar-refractivity contribution in [2.45, 2.75) is 17.7 Å². The van der Waals surface area contributed by atoms with E-state index in [-0.39, 0.29) is 31.1 Å². The first-order valence-electron chi connectivity index (χ1n) is 9.39. The van der Waals surface area contributed by atoms with Gasteiger partial charge in [-0.25, -0.2) is 8.42 Å². The number of nitrogens with one attached hydrogen (secondary N) is 2. The van der Waals surface area contributed by atoms with Crippen molar-refractivity contribution in [3.8, 4) is 5.75 Å². The number of methoxy groups -OCH3 is 1. The Hall–Kier alpha value is -2.47. The molecule has 1 fully saturated rings. The predicted octanol–water partition coefficient (Wildman–Crippen LogP) is 1.24. The summed E-state index contributed by atoms with van der Waals surface area (Å²) in [6.45, 7) is 0.368. The van der Waals surface area contributed by atoms with E-state index in [9.17, 15) is 18.0 Å². The lowest BCUT2D eigenvalue weighted by atomic mass is 10.2. The summed E-state index contributed by atoms with van der Waals surface area (Å²) in [6.07, 6.45) is -0.896. The maximum Gasteiger partial charge on any atom is 0.309 e. The fourth-order valence-corrected chi connectivity index (χ4v) is 4.72. The molecule has 2 aromatic rings. The molecule has 1 heterocycles. The highest BCUT2D eigenvalue weighted by Gasteiger charge is 2.36. The molecule has 0 saturated carbocycles. The number of halogens is 1. The molecule has 0 bridgehead atoms. The summed E-state index contributed by atoms with van der Waals surface area (Å²) in [6, 6.07) is 13.3. The van der Waals surface area contributed by atoms with Crippen molar-refractivity contribution >= 4 is 37.8 Å². The van der Waals surface area contributed by atoms with E-state index in [1.54, 1.807) is 43.5 Å². The van der Waals surface area contributed by atoms with E-state index in [1.165, 1.54) is 16.4 Å². The number of rotatable bonds is 7. The first-order valence-corrected chi connectivity index (χ1v) is 11.6. The van der Waals surface area contributed by atoms with Crippen molar-refractivity contribution < 1.29 is 27.5 Å². The van der Waals surface area contributed by atoms with E-state index in [1.807, 2.05) is 0 Å². The number of nitrogens with zero attached hydrogens (tertiary/aromatic N) is 1. The Labute approximate surface area is 188 Å². The number of carbonyl (C=O) groups excluding carboxylic acids is 2. The van der Waals surface area contributed by atoms with Gasteiger partial charge in [0.2, 0.25) is 10.0 Å². The number of benzene rings is 2. The zero-order valence-corrected chi connectivity index (χ0v) is 19.1. The molecule has 2 amide bonds.